The van der Waals surface area contributed by atoms with Gasteiger partial charge < -0.3 is 4.84 Å². The molecular weight excluding hydrogens is 348 g/mol. The van der Waals surface area contributed by atoms with Crippen molar-refractivity contribution in [2.24, 2.45) is 10.1 Å². The molecule has 1 aliphatic rings. The number of aromatic nitrogens is 2. The van der Waals surface area contributed by atoms with E-state index in [2.05, 4.69) is 26.8 Å². The molecule has 26 heavy (non-hydrogen) atoms. The summed E-state index contributed by atoms with van der Waals surface area (Å²) in [4.78, 5) is 14.3. The zero-order valence-electron chi connectivity index (χ0n) is 14.5. The molecular formula is C20H17ClN4O. The summed E-state index contributed by atoms with van der Waals surface area (Å²) in [5.74, 6) is 0.866. The van der Waals surface area contributed by atoms with Crippen molar-refractivity contribution >= 4 is 23.5 Å². The lowest BCUT2D eigenvalue weighted by atomic mass is 10.0. The van der Waals surface area contributed by atoms with E-state index < -0.39 is 0 Å². The zero-order valence-corrected chi connectivity index (χ0v) is 15.2. The van der Waals surface area contributed by atoms with Crippen molar-refractivity contribution in [3.8, 4) is 5.69 Å². The first kappa shape index (κ1) is 16.5. The number of benzene rings is 2. The lowest BCUT2D eigenvalue weighted by Crippen LogP contribution is -2.08. The number of nitrogens with zero attached hydrogens (tertiary/aromatic N) is 4. The van der Waals surface area contributed by atoms with Crippen molar-refractivity contribution in [1.29, 1.82) is 0 Å². The molecule has 1 aliphatic heterocycles. The van der Waals surface area contributed by atoms with Gasteiger partial charge in [0.25, 0.3) is 0 Å². The maximum Gasteiger partial charge on any atom is 0.111 e. The lowest BCUT2D eigenvalue weighted by Gasteiger charge is -2.13. The number of oxime groups is 1. The van der Waals surface area contributed by atoms with Crippen LogP contribution in [0, 0.1) is 6.92 Å². The Morgan fingerprint density at radius 1 is 1.19 bits per heavy atom. The number of aryl methyl sites for hydroxylation is 1. The fourth-order valence-corrected chi connectivity index (χ4v) is 3.42. The summed E-state index contributed by atoms with van der Waals surface area (Å²) in [7, 11) is 1.51. The molecule has 6 heteroatoms. The number of aliphatic imine (C=N–C) groups is 1. The summed E-state index contributed by atoms with van der Waals surface area (Å²) < 4.78 is 2.11. The maximum absolute atomic E-state index is 6.31. The minimum atomic E-state index is 0.489. The van der Waals surface area contributed by atoms with Gasteiger partial charge in [-0.25, -0.2) is 4.98 Å². The molecule has 1 aromatic heterocycles. The Hall–Kier alpha value is -2.92. The standard InChI is InChI=1S/C20H17ClN4O/c1-13-24-17(11-23-26-2)19-12-22-20(14-6-4-3-5-7-14)16-10-15(21)8-9-18(16)25(13)19/h3-11H,12H2,1-2H3/b23-11+. The van der Waals surface area contributed by atoms with Gasteiger partial charge in [-0.2, -0.15) is 0 Å². The Morgan fingerprint density at radius 2 is 2.00 bits per heavy atom. The molecule has 4 rings (SSSR count). The van der Waals surface area contributed by atoms with Gasteiger partial charge in [0.15, 0.2) is 0 Å². The molecule has 2 heterocycles. The predicted molar refractivity (Wildman–Crippen MR) is 104 cm³/mol. The van der Waals surface area contributed by atoms with E-state index in [9.17, 15) is 0 Å². The first-order valence-corrected chi connectivity index (χ1v) is 8.61. The summed E-state index contributed by atoms with van der Waals surface area (Å²) in [6.07, 6.45) is 1.62. The minimum absolute atomic E-state index is 0.489. The van der Waals surface area contributed by atoms with Crippen LogP contribution in [0.4, 0.5) is 0 Å². The van der Waals surface area contributed by atoms with Crippen molar-refractivity contribution < 1.29 is 4.84 Å². The normalized spacial score (nSPS) is 13.1. The van der Waals surface area contributed by atoms with Crippen LogP contribution in [0.3, 0.4) is 0 Å². The fourth-order valence-electron chi connectivity index (χ4n) is 3.25. The van der Waals surface area contributed by atoms with Crippen LogP contribution in [0.5, 0.6) is 0 Å². The van der Waals surface area contributed by atoms with Crippen LogP contribution in [0.1, 0.15) is 28.3 Å². The topological polar surface area (TPSA) is 51.8 Å². The van der Waals surface area contributed by atoms with Crippen LogP contribution in [0.25, 0.3) is 5.69 Å². The van der Waals surface area contributed by atoms with Gasteiger partial charge in [0, 0.05) is 16.1 Å². The quantitative estimate of drug-likeness (QED) is 0.517. The molecule has 0 fully saturated rings. The Morgan fingerprint density at radius 3 is 2.77 bits per heavy atom. The molecule has 0 spiro atoms. The highest BCUT2D eigenvalue weighted by molar-refractivity contribution is 6.31. The van der Waals surface area contributed by atoms with Gasteiger partial charge in [0.2, 0.25) is 0 Å². The van der Waals surface area contributed by atoms with Crippen LogP contribution in [-0.4, -0.2) is 28.6 Å². The molecule has 5 nitrogen and oxygen atoms in total. The molecule has 0 saturated carbocycles. The zero-order chi connectivity index (χ0) is 18.1. The van der Waals surface area contributed by atoms with E-state index in [4.69, 9.17) is 21.4 Å². The van der Waals surface area contributed by atoms with Crippen molar-refractivity contribution in [3.05, 3.63) is 81.9 Å². The van der Waals surface area contributed by atoms with E-state index in [0.717, 1.165) is 39.7 Å². The van der Waals surface area contributed by atoms with E-state index in [1.54, 1.807) is 6.21 Å². The SMILES string of the molecule is CO/N=C/c1nc(C)n2c1CN=C(c1ccccc1)c1cc(Cl)ccc1-2. The van der Waals surface area contributed by atoms with Gasteiger partial charge in [-0.15, -0.1) is 0 Å². The molecule has 130 valence electrons. The Bertz CT molecular complexity index is 1020. The number of imidazole rings is 1. The highest BCUT2D eigenvalue weighted by Crippen LogP contribution is 2.29. The summed E-state index contributed by atoms with van der Waals surface area (Å²) in [6, 6.07) is 16.0. The third-order valence-corrected chi connectivity index (χ3v) is 4.58. The fraction of sp³-hybridized carbons (Fsp3) is 0.150. The highest BCUT2D eigenvalue weighted by Gasteiger charge is 2.23. The third-order valence-electron chi connectivity index (χ3n) is 4.34. The average Bonchev–Trinajstić information content (AvgIpc) is 2.86. The van der Waals surface area contributed by atoms with Crippen molar-refractivity contribution in [2.45, 2.75) is 13.5 Å². The van der Waals surface area contributed by atoms with Crippen molar-refractivity contribution in [1.82, 2.24) is 9.55 Å². The number of halogens is 1. The minimum Gasteiger partial charge on any atom is -0.399 e. The van der Waals surface area contributed by atoms with Crippen LogP contribution in [0.2, 0.25) is 5.02 Å². The smallest absolute Gasteiger partial charge is 0.111 e. The number of rotatable bonds is 3. The van der Waals surface area contributed by atoms with E-state index in [-0.39, 0.29) is 0 Å². The molecule has 0 saturated heterocycles. The summed E-state index contributed by atoms with van der Waals surface area (Å²) in [5.41, 5.74) is 5.69. The van der Waals surface area contributed by atoms with Crippen molar-refractivity contribution in [3.63, 3.8) is 0 Å². The number of hydrogen-bond acceptors (Lipinski definition) is 4. The molecule has 0 atom stereocenters. The van der Waals surface area contributed by atoms with E-state index in [0.29, 0.717) is 11.6 Å². The average molecular weight is 365 g/mol. The molecule has 0 amide bonds. The van der Waals surface area contributed by atoms with E-state index >= 15 is 0 Å². The van der Waals surface area contributed by atoms with Gasteiger partial charge >= 0.3 is 0 Å². The Balaban J connectivity index is 1.98. The summed E-state index contributed by atoms with van der Waals surface area (Å²) in [5, 5.41) is 4.55. The maximum atomic E-state index is 6.31. The molecule has 0 aliphatic carbocycles. The number of hydrogen-bond donors (Lipinski definition) is 0. The first-order valence-electron chi connectivity index (χ1n) is 8.24. The van der Waals surface area contributed by atoms with Gasteiger partial charge in [-0.05, 0) is 25.1 Å². The number of fused-ring (bicyclic) bond motifs is 3. The molecule has 3 aromatic rings. The second-order valence-electron chi connectivity index (χ2n) is 5.94. The largest absolute Gasteiger partial charge is 0.399 e. The monoisotopic (exact) mass is 364 g/mol. The van der Waals surface area contributed by atoms with Gasteiger partial charge in [0.1, 0.15) is 18.6 Å². The van der Waals surface area contributed by atoms with Crippen LogP contribution < -0.4 is 0 Å². The van der Waals surface area contributed by atoms with Gasteiger partial charge in [-0.1, -0.05) is 47.1 Å². The molecule has 0 bridgehead atoms. The van der Waals surface area contributed by atoms with Gasteiger partial charge in [0.05, 0.1) is 29.9 Å². The van der Waals surface area contributed by atoms with E-state index in [1.807, 2.05) is 43.3 Å². The Kier molecular flexibility index (Phi) is 4.31. The van der Waals surface area contributed by atoms with Crippen LogP contribution in [0.15, 0.2) is 58.7 Å². The third kappa shape index (κ3) is 2.80. The summed E-state index contributed by atoms with van der Waals surface area (Å²) >= 11 is 6.31. The second-order valence-corrected chi connectivity index (χ2v) is 6.37. The lowest BCUT2D eigenvalue weighted by molar-refractivity contribution is 0.215. The van der Waals surface area contributed by atoms with Crippen LogP contribution >= 0.6 is 11.6 Å². The molecule has 0 N–H and O–H groups in total. The van der Waals surface area contributed by atoms with Crippen LogP contribution in [-0.2, 0) is 11.4 Å². The summed E-state index contributed by atoms with van der Waals surface area (Å²) in [6.45, 7) is 2.46. The second kappa shape index (κ2) is 6.77. The Labute approximate surface area is 156 Å². The molecule has 2 aromatic carbocycles. The van der Waals surface area contributed by atoms with Crippen molar-refractivity contribution in [2.75, 3.05) is 7.11 Å². The molecule has 0 unspecified atom stereocenters. The first-order chi connectivity index (χ1) is 12.7. The van der Waals surface area contributed by atoms with Gasteiger partial charge in [-0.3, -0.25) is 9.56 Å². The van der Waals surface area contributed by atoms with E-state index in [1.165, 1.54) is 7.11 Å². The molecule has 0 radical (unpaired) electrons. The predicted octanol–water partition coefficient (Wildman–Crippen LogP) is 4.17. The highest BCUT2D eigenvalue weighted by atomic mass is 35.5.